The van der Waals surface area contributed by atoms with Gasteiger partial charge in [-0.1, -0.05) is 25.0 Å². The van der Waals surface area contributed by atoms with Crippen LogP contribution in [0.3, 0.4) is 0 Å². The van der Waals surface area contributed by atoms with Crippen molar-refractivity contribution < 1.29 is 9.13 Å². The van der Waals surface area contributed by atoms with E-state index in [9.17, 15) is 4.39 Å². The lowest BCUT2D eigenvalue weighted by Crippen LogP contribution is -2.50. The third-order valence-corrected chi connectivity index (χ3v) is 6.65. The number of nitrogens with one attached hydrogen (secondary N) is 2. The number of benzene rings is 1. The number of nitrogens with zero attached hydrogens (tertiary/aromatic N) is 3. The maximum atomic E-state index is 13.2. The number of ether oxygens (including phenoxy) is 1. The zero-order valence-electron chi connectivity index (χ0n) is 19.4. The van der Waals surface area contributed by atoms with E-state index in [-0.39, 0.29) is 5.82 Å². The minimum absolute atomic E-state index is 0.165. The molecule has 0 bridgehead atoms. The Labute approximate surface area is 192 Å². The lowest BCUT2D eigenvalue weighted by Gasteiger charge is -2.39. The largest absolute Gasteiger partial charge is 0.380 e. The number of hydrogen-bond donors (Lipinski definition) is 2. The second-order valence-electron chi connectivity index (χ2n) is 9.06. The van der Waals surface area contributed by atoms with Crippen LogP contribution in [0.15, 0.2) is 29.3 Å². The third-order valence-electron chi connectivity index (χ3n) is 6.65. The molecular formula is C25H38FN5O. The molecule has 1 saturated heterocycles. The number of aliphatic imine (C=N–C) groups is 1. The first-order valence-electron chi connectivity index (χ1n) is 12.2. The number of piperidine rings is 1. The van der Waals surface area contributed by atoms with Gasteiger partial charge < -0.3 is 15.0 Å². The number of guanidine groups is 1. The summed E-state index contributed by atoms with van der Waals surface area (Å²) in [7, 11) is 0. The summed E-state index contributed by atoms with van der Waals surface area (Å²) in [6.45, 7) is 7.07. The molecule has 1 aliphatic carbocycles. The minimum Gasteiger partial charge on any atom is -0.380 e. The van der Waals surface area contributed by atoms with Crippen molar-refractivity contribution in [2.75, 3.05) is 39.4 Å². The SMILES string of the molecule is CCOCCN=C(NC#N)N[C@@H]1CCCC[C@H]1CN1CCC[C@@H](Cc2ccc(F)cc2)C1. The van der Waals surface area contributed by atoms with Crippen LogP contribution in [-0.4, -0.2) is 56.3 Å². The number of hydrogen-bond acceptors (Lipinski definition) is 4. The Hall–Kier alpha value is -2.17. The standard InChI is InChI=1S/C25H38FN5O/c1-2-32-15-13-28-25(29-19-27)30-24-8-4-3-7-22(24)18-31-14-5-6-21(17-31)16-20-9-11-23(26)12-10-20/h9-12,21-22,24H,2-8,13-18H2,1H3,(H2,28,29,30)/t21-,22-,24+/m0/s1. The predicted molar refractivity (Wildman–Crippen MR) is 126 cm³/mol. The molecule has 1 aliphatic heterocycles. The molecule has 0 spiro atoms. The monoisotopic (exact) mass is 443 g/mol. The molecular weight excluding hydrogens is 405 g/mol. The van der Waals surface area contributed by atoms with E-state index in [0.717, 1.165) is 32.5 Å². The van der Waals surface area contributed by atoms with E-state index in [1.54, 1.807) is 12.1 Å². The maximum Gasteiger partial charge on any atom is 0.205 e. The molecule has 32 heavy (non-hydrogen) atoms. The van der Waals surface area contributed by atoms with E-state index in [0.29, 0.717) is 43.6 Å². The van der Waals surface area contributed by atoms with Crippen LogP contribution in [0, 0.1) is 29.1 Å². The molecule has 2 aliphatic rings. The van der Waals surface area contributed by atoms with Gasteiger partial charge >= 0.3 is 0 Å². The number of halogens is 1. The molecule has 3 atom stereocenters. The molecule has 2 fully saturated rings. The molecule has 0 unspecified atom stereocenters. The molecule has 2 N–H and O–H groups in total. The van der Waals surface area contributed by atoms with Crippen molar-refractivity contribution in [1.82, 2.24) is 15.5 Å². The van der Waals surface area contributed by atoms with Gasteiger partial charge in [0.05, 0.1) is 13.2 Å². The summed E-state index contributed by atoms with van der Waals surface area (Å²) in [6, 6.07) is 7.30. The summed E-state index contributed by atoms with van der Waals surface area (Å²) in [4.78, 5) is 7.12. The van der Waals surface area contributed by atoms with Gasteiger partial charge in [-0.05, 0) is 75.1 Å². The molecule has 176 valence electrons. The smallest absolute Gasteiger partial charge is 0.205 e. The van der Waals surface area contributed by atoms with Crippen molar-refractivity contribution in [3.05, 3.63) is 35.6 Å². The van der Waals surface area contributed by atoms with Gasteiger partial charge in [-0.15, -0.1) is 0 Å². The second kappa shape index (κ2) is 13.4. The molecule has 1 aromatic rings. The van der Waals surface area contributed by atoms with Crippen molar-refractivity contribution in [2.24, 2.45) is 16.8 Å². The topological polar surface area (TPSA) is 72.7 Å². The third kappa shape index (κ3) is 8.07. The number of likely N-dealkylation sites (tertiary alicyclic amines) is 1. The Morgan fingerprint density at radius 2 is 2.03 bits per heavy atom. The molecule has 7 heteroatoms. The molecule has 1 aromatic carbocycles. The van der Waals surface area contributed by atoms with Crippen molar-refractivity contribution in [2.45, 2.75) is 57.9 Å². The first-order chi connectivity index (χ1) is 15.7. The van der Waals surface area contributed by atoms with Crippen molar-refractivity contribution in [3.63, 3.8) is 0 Å². The van der Waals surface area contributed by atoms with Crippen LogP contribution in [0.5, 0.6) is 0 Å². The van der Waals surface area contributed by atoms with Crippen LogP contribution in [0.4, 0.5) is 4.39 Å². The van der Waals surface area contributed by atoms with Gasteiger partial charge in [0.15, 0.2) is 6.19 Å². The van der Waals surface area contributed by atoms with Gasteiger partial charge in [0, 0.05) is 25.7 Å². The Morgan fingerprint density at radius 1 is 1.22 bits per heavy atom. The van der Waals surface area contributed by atoms with Crippen molar-refractivity contribution in [3.8, 4) is 6.19 Å². The molecule has 1 heterocycles. The molecule has 3 rings (SSSR count). The van der Waals surface area contributed by atoms with Crippen LogP contribution < -0.4 is 10.6 Å². The van der Waals surface area contributed by atoms with E-state index < -0.39 is 0 Å². The van der Waals surface area contributed by atoms with Gasteiger partial charge in [0.2, 0.25) is 5.96 Å². The Balaban J connectivity index is 1.54. The lowest BCUT2D eigenvalue weighted by atomic mass is 9.83. The second-order valence-corrected chi connectivity index (χ2v) is 9.06. The summed E-state index contributed by atoms with van der Waals surface area (Å²) in [5.74, 6) is 1.57. The fourth-order valence-electron chi connectivity index (χ4n) is 5.10. The number of nitriles is 1. The van der Waals surface area contributed by atoms with Gasteiger partial charge in [0.25, 0.3) is 0 Å². The summed E-state index contributed by atoms with van der Waals surface area (Å²) >= 11 is 0. The summed E-state index contributed by atoms with van der Waals surface area (Å²) in [6.07, 6.45) is 10.3. The highest BCUT2D eigenvalue weighted by molar-refractivity contribution is 5.81. The molecule has 0 radical (unpaired) electrons. The highest BCUT2D eigenvalue weighted by atomic mass is 19.1. The molecule has 1 saturated carbocycles. The zero-order valence-corrected chi connectivity index (χ0v) is 19.4. The van der Waals surface area contributed by atoms with Crippen molar-refractivity contribution >= 4 is 5.96 Å². The van der Waals surface area contributed by atoms with Crippen LogP contribution in [0.25, 0.3) is 0 Å². The predicted octanol–water partition coefficient (Wildman–Crippen LogP) is 3.69. The van der Waals surface area contributed by atoms with Crippen LogP contribution in [-0.2, 0) is 11.2 Å². The fraction of sp³-hybridized carbons (Fsp3) is 0.680. The summed E-state index contributed by atoms with van der Waals surface area (Å²) in [5.41, 5.74) is 1.23. The highest BCUT2D eigenvalue weighted by Crippen LogP contribution is 2.28. The Kier molecular flexibility index (Phi) is 10.2. The number of rotatable bonds is 9. The quantitative estimate of drug-likeness (QED) is 0.200. The minimum atomic E-state index is -0.165. The lowest BCUT2D eigenvalue weighted by molar-refractivity contribution is 0.125. The van der Waals surface area contributed by atoms with E-state index in [1.807, 2.05) is 25.2 Å². The van der Waals surface area contributed by atoms with Gasteiger partial charge in [-0.2, -0.15) is 5.26 Å². The first kappa shape index (κ1) is 24.5. The van der Waals surface area contributed by atoms with Gasteiger partial charge in [-0.3, -0.25) is 10.3 Å². The maximum absolute atomic E-state index is 13.2. The van der Waals surface area contributed by atoms with Gasteiger partial charge in [-0.25, -0.2) is 4.39 Å². The van der Waals surface area contributed by atoms with Crippen LogP contribution >= 0.6 is 0 Å². The summed E-state index contributed by atoms with van der Waals surface area (Å²) < 4.78 is 18.6. The van der Waals surface area contributed by atoms with E-state index in [4.69, 9.17) is 10.00 Å². The first-order valence-corrected chi connectivity index (χ1v) is 12.2. The van der Waals surface area contributed by atoms with E-state index >= 15 is 0 Å². The molecule has 6 nitrogen and oxygen atoms in total. The Bertz CT molecular complexity index is 748. The van der Waals surface area contributed by atoms with Crippen LogP contribution in [0.1, 0.15) is 51.0 Å². The van der Waals surface area contributed by atoms with E-state index in [1.165, 1.54) is 37.7 Å². The molecule has 0 aromatic heterocycles. The fourth-order valence-corrected chi connectivity index (χ4v) is 5.10. The van der Waals surface area contributed by atoms with E-state index in [2.05, 4.69) is 20.5 Å². The van der Waals surface area contributed by atoms with Crippen LogP contribution in [0.2, 0.25) is 0 Å². The van der Waals surface area contributed by atoms with Crippen molar-refractivity contribution in [1.29, 1.82) is 5.26 Å². The average molecular weight is 444 g/mol. The molecule has 0 amide bonds. The zero-order chi connectivity index (χ0) is 22.6. The summed E-state index contributed by atoms with van der Waals surface area (Å²) in [5, 5.41) is 15.4. The normalized spacial score (nSPS) is 24.7. The highest BCUT2D eigenvalue weighted by Gasteiger charge is 2.29. The van der Waals surface area contributed by atoms with Gasteiger partial charge in [0.1, 0.15) is 5.82 Å². The Morgan fingerprint density at radius 3 is 2.81 bits per heavy atom. The average Bonchev–Trinajstić information content (AvgIpc) is 2.80.